The molecule has 0 aliphatic heterocycles. The van der Waals surface area contributed by atoms with Crippen molar-refractivity contribution >= 4 is 17.5 Å². The summed E-state index contributed by atoms with van der Waals surface area (Å²) in [6, 6.07) is 10.6. The molecule has 0 aliphatic rings. The van der Waals surface area contributed by atoms with Gasteiger partial charge >= 0.3 is 5.97 Å². The monoisotopic (exact) mass is 257 g/mol. The molecule has 19 heavy (non-hydrogen) atoms. The molecule has 0 saturated carbocycles. The lowest BCUT2D eigenvalue weighted by atomic mass is 10.2. The number of nitrogens with two attached hydrogens (primary N) is 1. The summed E-state index contributed by atoms with van der Waals surface area (Å²) < 4.78 is 0. The Hall–Kier alpha value is -2.40. The normalized spacial score (nSPS) is 10.2. The van der Waals surface area contributed by atoms with E-state index in [0.29, 0.717) is 18.1 Å². The smallest absolute Gasteiger partial charge is 0.335 e. The van der Waals surface area contributed by atoms with Crippen molar-refractivity contribution in [1.29, 1.82) is 0 Å². The van der Waals surface area contributed by atoms with Crippen LogP contribution in [0.15, 0.2) is 36.4 Å². The van der Waals surface area contributed by atoms with Gasteiger partial charge in [0.1, 0.15) is 5.82 Å². The van der Waals surface area contributed by atoms with Gasteiger partial charge in [0.05, 0.1) is 5.56 Å². The summed E-state index contributed by atoms with van der Waals surface area (Å²) in [5, 5.41) is 12.1. The molecule has 0 radical (unpaired) electrons. The fourth-order valence-electron chi connectivity index (χ4n) is 1.78. The second-order valence-electron chi connectivity index (χ2n) is 4.22. The molecule has 2 aromatic rings. The number of carboxylic acids is 1. The van der Waals surface area contributed by atoms with Crippen LogP contribution < -0.4 is 11.1 Å². The van der Waals surface area contributed by atoms with Crippen molar-refractivity contribution in [2.45, 2.75) is 13.5 Å². The zero-order chi connectivity index (χ0) is 13.8. The predicted molar refractivity (Wildman–Crippen MR) is 73.5 cm³/mol. The van der Waals surface area contributed by atoms with Gasteiger partial charge in [0.25, 0.3) is 0 Å². The zero-order valence-corrected chi connectivity index (χ0v) is 10.6. The number of nitrogens with zero attached hydrogens (tertiary/aromatic N) is 1. The Labute approximate surface area is 111 Å². The molecule has 1 aromatic heterocycles. The van der Waals surface area contributed by atoms with Gasteiger partial charge in [0.2, 0.25) is 0 Å². The lowest BCUT2D eigenvalue weighted by Crippen LogP contribution is -2.02. The van der Waals surface area contributed by atoms with Crippen LogP contribution >= 0.6 is 0 Å². The van der Waals surface area contributed by atoms with Gasteiger partial charge in [-0.25, -0.2) is 9.78 Å². The number of pyridine rings is 1. The molecule has 4 N–H and O–H groups in total. The van der Waals surface area contributed by atoms with Gasteiger partial charge in [-0.1, -0.05) is 12.1 Å². The molecule has 0 aliphatic carbocycles. The van der Waals surface area contributed by atoms with Crippen LogP contribution in [-0.2, 0) is 6.54 Å². The molecule has 5 heteroatoms. The van der Waals surface area contributed by atoms with Crippen LogP contribution in [0.25, 0.3) is 0 Å². The van der Waals surface area contributed by atoms with E-state index in [1.165, 1.54) is 12.1 Å². The van der Waals surface area contributed by atoms with Crippen molar-refractivity contribution in [3.8, 4) is 0 Å². The molecule has 0 saturated heterocycles. The largest absolute Gasteiger partial charge is 0.478 e. The highest BCUT2D eigenvalue weighted by molar-refractivity contribution is 5.88. The summed E-state index contributed by atoms with van der Waals surface area (Å²) in [5.41, 5.74) is 8.27. The van der Waals surface area contributed by atoms with Crippen molar-refractivity contribution in [2.75, 3.05) is 5.32 Å². The third-order valence-electron chi connectivity index (χ3n) is 2.64. The first-order valence-electron chi connectivity index (χ1n) is 5.86. The molecular formula is C14H15N3O2. The fourth-order valence-corrected chi connectivity index (χ4v) is 1.78. The van der Waals surface area contributed by atoms with Crippen molar-refractivity contribution < 1.29 is 9.90 Å². The molecule has 0 fully saturated rings. The van der Waals surface area contributed by atoms with Gasteiger partial charge in [0, 0.05) is 17.9 Å². The third kappa shape index (κ3) is 3.29. The summed E-state index contributed by atoms with van der Waals surface area (Å²) >= 11 is 0. The number of nitrogens with one attached hydrogen (secondary N) is 1. The number of benzene rings is 1. The Morgan fingerprint density at radius 1 is 1.37 bits per heavy atom. The Bertz CT molecular complexity index is 611. The Balaban J connectivity index is 2.29. The van der Waals surface area contributed by atoms with E-state index in [1.54, 1.807) is 6.92 Å². The highest BCUT2D eigenvalue weighted by Gasteiger charge is 2.07. The average molecular weight is 257 g/mol. The summed E-state index contributed by atoms with van der Waals surface area (Å²) in [7, 11) is 0. The number of anilines is 2. The molecular weight excluding hydrogens is 242 g/mol. The molecule has 1 aromatic carbocycles. The number of aromatic nitrogens is 1. The maximum atomic E-state index is 11.0. The lowest BCUT2D eigenvalue weighted by Gasteiger charge is -2.08. The number of aromatic carboxylic acids is 1. The maximum absolute atomic E-state index is 11.0. The fraction of sp³-hybridized carbons (Fsp3) is 0.143. The number of carboxylic acid groups (broad SMARTS) is 1. The van der Waals surface area contributed by atoms with Gasteiger partial charge in [0.15, 0.2) is 0 Å². The van der Waals surface area contributed by atoms with Gasteiger partial charge in [-0.05, 0) is 36.8 Å². The summed E-state index contributed by atoms with van der Waals surface area (Å²) in [6.07, 6.45) is 0. The maximum Gasteiger partial charge on any atom is 0.335 e. The van der Waals surface area contributed by atoms with Crippen molar-refractivity contribution in [3.05, 3.63) is 53.2 Å². The molecule has 2 rings (SSSR count). The van der Waals surface area contributed by atoms with Crippen molar-refractivity contribution in [1.82, 2.24) is 4.98 Å². The van der Waals surface area contributed by atoms with Gasteiger partial charge in [-0.2, -0.15) is 0 Å². The van der Waals surface area contributed by atoms with E-state index in [4.69, 9.17) is 10.8 Å². The highest BCUT2D eigenvalue weighted by atomic mass is 16.4. The molecule has 0 spiro atoms. The highest BCUT2D eigenvalue weighted by Crippen LogP contribution is 2.18. The predicted octanol–water partition coefficient (Wildman–Crippen LogP) is 2.29. The second kappa shape index (κ2) is 5.49. The third-order valence-corrected chi connectivity index (χ3v) is 2.64. The van der Waals surface area contributed by atoms with Gasteiger partial charge in [-0.3, -0.25) is 0 Å². The van der Waals surface area contributed by atoms with E-state index >= 15 is 0 Å². The standard InChI is InChI=1S/C14H15N3O2/c1-9-5-11(14(18)19)7-13(16-9)17-12-4-2-3-10(6-12)8-15/h2-7H,8,15H2,1H3,(H,16,17)(H,18,19). The van der Waals surface area contributed by atoms with Crippen molar-refractivity contribution in [2.24, 2.45) is 5.73 Å². The Morgan fingerprint density at radius 2 is 2.16 bits per heavy atom. The molecule has 0 atom stereocenters. The van der Waals surface area contributed by atoms with Crippen LogP contribution in [0.5, 0.6) is 0 Å². The number of aryl methyl sites for hydroxylation is 1. The summed E-state index contributed by atoms with van der Waals surface area (Å²) in [6.45, 7) is 2.21. The van der Waals surface area contributed by atoms with E-state index in [2.05, 4.69) is 10.3 Å². The van der Waals surface area contributed by atoms with E-state index in [0.717, 1.165) is 11.3 Å². The van der Waals surface area contributed by atoms with E-state index < -0.39 is 5.97 Å². The minimum atomic E-state index is -0.968. The number of rotatable bonds is 4. The minimum Gasteiger partial charge on any atom is -0.478 e. The topological polar surface area (TPSA) is 88.2 Å². The van der Waals surface area contributed by atoms with Crippen LogP contribution in [0, 0.1) is 6.92 Å². The number of carbonyl (C=O) groups is 1. The quantitative estimate of drug-likeness (QED) is 0.782. The number of hydrogen-bond acceptors (Lipinski definition) is 4. The number of hydrogen-bond donors (Lipinski definition) is 3. The van der Waals surface area contributed by atoms with Crippen molar-refractivity contribution in [3.63, 3.8) is 0 Å². The zero-order valence-electron chi connectivity index (χ0n) is 10.6. The molecule has 0 bridgehead atoms. The molecule has 98 valence electrons. The summed E-state index contributed by atoms with van der Waals surface area (Å²) in [4.78, 5) is 15.2. The van der Waals surface area contributed by atoms with E-state index in [1.807, 2.05) is 24.3 Å². The summed E-state index contributed by atoms with van der Waals surface area (Å²) in [5.74, 6) is -0.462. The van der Waals surface area contributed by atoms with Crippen LogP contribution in [0.2, 0.25) is 0 Å². The molecule has 5 nitrogen and oxygen atoms in total. The average Bonchev–Trinajstić information content (AvgIpc) is 2.38. The minimum absolute atomic E-state index is 0.213. The van der Waals surface area contributed by atoms with Crippen LogP contribution in [0.4, 0.5) is 11.5 Å². The van der Waals surface area contributed by atoms with Crippen LogP contribution in [-0.4, -0.2) is 16.1 Å². The molecule has 0 amide bonds. The van der Waals surface area contributed by atoms with E-state index in [-0.39, 0.29) is 5.56 Å². The Kier molecular flexibility index (Phi) is 3.77. The van der Waals surface area contributed by atoms with Gasteiger partial charge in [-0.15, -0.1) is 0 Å². The first kappa shape index (κ1) is 13.0. The van der Waals surface area contributed by atoms with Crippen LogP contribution in [0.1, 0.15) is 21.6 Å². The SMILES string of the molecule is Cc1cc(C(=O)O)cc(Nc2cccc(CN)c2)n1. The van der Waals surface area contributed by atoms with Crippen LogP contribution in [0.3, 0.4) is 0 Å². The first-order chi connectivity index (χ1) is 9.08. The second-order valence-corrected chi connectivity index (χ2v) is 4.22. The molecule has 1 heterocycles. The van der Waals surface area contributed by atoms with E-state index in [9.17, 15) is 4.79 Å². The Morgan fingerprint density at radius 3 is 2.84 bits per heavy atom. The molecule has 0 unspecified atom stereocenters. The van der Waals surface area contributed by atoms with Gasteiger partial charge < -0.3 is 16.2 Å². The lowest BCUT2D eigenvalue weighted by molar-refractivity contribution is 0.0696. The first-order valence-corrected chi connectivity index (χ1v) is 5.86.